The minimum atomic E-state index is -0.596. The number of nitro benzene ring substituents is 1. The number of aryl methyl sites for hydroxylation is 1. The highest BCUT2D eigenvalue weighted by Crippen LogP contribution is 2.27. The average molecular weight is 270 g/mol. The molecule has 0 saturated carbocycles. The van der Waals surface area contributed by atoms with E-state index in [1.165, 1.54) is 6.07 Å². The fourth-order valence-electron chi connectivity index (χ4n) is 1.73. The summed E-state index contributed by atoms with van der Waals surface area (Å²) in [4.78, 5) is 10.2. The third kappa shape index (κ3) is 4.48. The molecule has 19 heavy (non-hydrogen) atoms. The predicted octanol–water partition coefficient (Wildman–Crippen LogP) is 2.86. The van der Waals surface area contributed by atoms with Crippen LogP contribution in [0.2, 0.25) is 0 Å². The Hall–Kier alpha value is -1.69. The molecular weight excluding hydrogens is 251 g/mol. The van der Waals surface area contributed by atoms with Crippen LogP contribution in [-0.2, 0) is 0 Å². The SMILES string of the molecule is Cc1cc(NCCCC(C)CO)c([N+](=O)[O-])cc1F. The number of nitrogens with zero attached hydrogens (tertiary/aromatic N) is 1. The molecule has 5 nitrogen and oxygen atoms in total. The van der Waals surface area contributed by atoms with Crippen molar-refractivity contribution in [2.45, 2.75) is 26.7 Å². The second-order valence-corrected chi connectivity index (χ2v) is 4.73. The number of halogens is 1. The van der Waals surface area contributed by atoms with Crippen molar-refractivity contribution in [3.05, 3.63) is 33.6 Å². The van der Waals surface area contributed by atoms with Gasteiger partial charge in [-0.15, -0.1) is 0 Å². The lowest BCUT2D eigenvalue weighted by Crippen LogP contribution is -2.08. The second kappa shape index (κ2) is 7.04. The van der Waals surface area contributed by atoms with E-state index < -0.39 is 10.7 Å². The molecule has 0 fully saturated rings. The molecular formula is C13H19FN2O3. The van der Waals surface area contributed by atoms with Gasteiger partial charge in [-0.05, 0) is 37.3 Å². The van der Waals surface area contributed by atoms with Crippen LogP contribution in [0.15, 0.2) is 12.1 Å². The Labute approximate surface area is 111 Å². The standard InChI is InChI=1S/C13H19FN2O3/c1-9(8-17)4-3-5-15-12-6-10(2)11(14)7-13(12)16(18)19/h6-7,9,15,17H,3-5,8H2,1-2H3. The maximum absolute atomic E-state index is 13.3. The Kier molecular flexibility index (Phi) is 5.69. The minimum absolute atomic E-state index is 0.135. The van der Waals surface area contributed by atoms with Crippen molar-refractivity contribution in [2.24, 2.45) is 5.92 Å². The lowest BCUT2D eigenvalue weighted by Gasteiger charge is -2.10. The first-order valence-corrected chi connectivity index (χ1v) is 6.25. The molecule has 0 aliphatic rings. The number of aliphatic hydroxyl groups excluding tert-OH is 1. The molecule has 0 saturated heterocycles. The van der Waals surface area contributed by atoms with Crippen molar-refractivity contribution in [1.29, 1.82) is 0 Å². The first-order valence-electron chi connectivity index (χ1n) is 6.25. The zero-order valence-electron chi connectivity index (χ0n) is 11.1. The van der Waals surface area contributed by atoms with E-state index in [4.69, 9.17) is 5.11 Å². The Morgan fingerprint density at radius 3 is 2.79 bits per heavy atom. The van der Waals surface area contributed by atoms with Gasteiger partial charge in [-0.2, -0.15) is 0 Å². The number of rotatable bonds is 7. The first kappa shape index (κ1) is 15.4. The molecule has 1 aromatic carbocycles. The summed E-state index contributed by atoms with van der Waals surface area (Å²) in [6.07, 6.45) is 1.62. The normalized spacial score (nSPS) is 12.2. The fraction of sp³-hybridized carbons (Fsp3) is 0.538. The highest BCUT2D eigenvalue weighted by Gasteiger charge is 2.16. The number of nitrogens with one attached hydrogen (secondary N) is 1. The zero-order valence-corrected chi connectivity index (χ0v) is 11.1. The molecule has 0 amide bonds. The molecule has 1 rings (SSSR count). The van der Waals surface area contributed by atoms with Crippen LogP contribution in [-0.4, -0.2) is 23.2 Å². The number of benzene rings is 1. The van der Waals surface area contributed by atoms with E-state index >= 15 is 0 Å². The molecule has 6 heteroatoms. The monoisotopic (exact) mass is 270 g/mol. The number of anilines is 1. The molecule has 2 N–H and O–H groups in total. The lowest BCUT2D eigenvalue weighted by molar-refractivity contribution is -0.384. The van der Waals surface area contributed by atoms with E-state index in [2.05, 4.69) is 5.32 Å². The molecule has 0 aliphatic carbocycles. The van der Waals surface area contributed by atoms with Crippen LogP contribution < -0.4 is 5.32 Å². The Morgan fingerprint density at radius 1 is 1.53 bits per heavy atom. The number of hydrogen-bond acceptors (Lipinski definition) is 4. The molecule has 0 bridgehead atoms. The summed E-state index contributed by atoms with van der Waals surface area (Å²) in [6.45, 7) is 4.19. The highest BCUT2D eigenvalue weighted by atomic mass is 19.1. The average Bonchev–Trinajstić information content (AvgIpc) is 2.37. The van der Waals surface area contributed by atoms with E-state index in [0.717, 1.165) is 18.9 Å². The number of aliphatic hydroxyl groups is 1. The summed E-state index contributed by atoms with van der Waals surface area (Å²) in [6, 6.07) is 2.39. The third-order valence-corrected chi connectivity index (χ3v) is 2.97. The highest BCUT2D eigenvalue weighted by molar-refractivity contribution is 5.63. The lowest BCUT2D eigenvalue weighted by atomic mass is 10.1. The van der Waals surface area contributed by atoms with Gasteiger partial charge < -0.3 is 10.4 Å². The molecule has 1 unspecified atom stereocenters. The smallest absolute Gasteiger partial charge is 0.295 e. The van der Waals surface area contributed by atoms with Crippen LogP contribution in [0.25, 0.3) is 0 Å². The van der Waals surface area contributed by atoms with Gasteiger partial charge in [-0.25, -0.2) is 4.39 Å². The zero-order chi connectivity index (χ0) is 14.4. The summed E-state index contributed by atoms with van der Waals surface area (Å²) in [5, 5.41) is 22.7. The van der Waals surface area contributed by atoms with E-state index in [-0.39, 0.29) is 18.2 Å². The van der Waals surface area contributed by atoms with Crippen molar-refractivity contribution in [3.63, 3.8) is 0 Å². The van der Waals surface area contributed by atoms with Gasteiger partial charge in [0, 0.05) is 13.2 Å². The number of hydrogen-bond donors (Lipinski definition) is 2. The summed E-state index contributed by atoms with van der Waals surface area (Å²) in [5.74, 6) is -0.363. The Morgan fingerprint density at radius 2 is 2.21 bits per heavy atom. The molecule has 0 heterocycles. The van der Waals surface area contributed by atoms with Crippen LogP contribution in [0.3, 0.4) is 0 Å². The van der Waals surface area contributed by atoms with Crippen LogP contribution >= 0.6 is 0 Å². The maximum Gasteiger partial charge on any atom is 0.295 e. The first-order chi connectivity index (χ1) is 8.95. The Bertz CT molecular complexity index is 452. The van der Waals surface area contributed by atoms with Gasteiger partial charge in [0.25, 0.3) is 5.69 Å². The molecule has 0 aliphatic heterocycles. The van der Waals surface area contributed by atoms with Crippen LogP contribution in [0, 0.1) is 28.8 Å². The van der Waals surface area contributed by atoms with Crippen molar-refractivity contribution in [1.82, 2.24) is 0 Å². The van der Waals surface area contributed by atoms with Gasteiger partial charge in [0.2, 0.25) is 0 Å². The van der Waals surface area contributed by atoms with Gasteiger partial charge >= 0.3 is 0 Å². The number of nitro groups is 1. The fourth-order valence-corrected chi connectivity index (χ4v) is 1.73. The second-order valence-electron chi connectivity index (χ2n) is 4.73. The summed E-state index contributed by atoms with van der Waals surface area (Å²) >= 11 is 0. The van der Waals surface area contributed by atoms with E-state index in [1.807, 2.05) is 6.92 Å². The predicted molar refractivity (Wildman–Crippen MR) is 71.8 cm³/mol. The van der Waals surface area contributed by atoms with Crippen LogP contribution in [0.4, 0.5) is 15.8 Å². The molecule has 1 aromatic rings. The quantitative estimate of drug-likeness (QED) is 0.454. The summed E-state index contributed by atoms with van der Waals surface area (Å²) < 4.78 is 13.3. The molecule has 0 radical (unpaired) electrons. The van der Waals surface area contributed by atoms with Gasteiger partial charge in [0.05, 0.1) is 11.0 Å². The molecule has 0 aromatic heterocycles. The Balaban J connectivity index is 2.67. The van der Waals surface area contributed by atoms with Gasteiger partial charge in [-0.1, -0.05) is 6.92 Å². The third-order valence-electron chi connectivity index (χ3n) is 2.97. The van der Waals surface area contributed by atoms with E-state index in [9.17, 15) is 14.5 Å². The van der Waals surface area contributed by atoms with Gasteiger partial charge in [0.1, 0.15) is 11.5 Å². The molecule has 0 spiro atoms. The van der Waals surface area contributed by atoms with Crippen molar-refractivity contribution in [3.8, 4) is 0 Å². The van der Waals surface area contributed by atoms with E-state index in [1.54, 1.807) is 6.92 Å². The van der Waals surface area contributed by atoms with Crippen molar-refractivity contribution in [2.75, 3.05) is 18.5 Å². The maximum atomic E-state index is 13.3. The summed E-state index contributed by atoms with van der Waals surface area (Å²) in [7, 11) is 0. The molecule has 106 valence electrons. The largest absolute Gasteiger partial charge is 0.396 e. The van der Waals surface area contributed by atoms with Crippen molar-refractivity contribution < 1.29 is 14.4 Å². The van der Waals surface area contributed by atoms with Gasteiger partial charge in [-0.3, -0.25) is 10.1 Å². The van der Waals surface area contributed by atoms with Crippen LogP contribution in [0.1, 0.15) is 25.3 Å². The van der Waals surface area contributed by atoms with Crippen molar-refractivity contribution >= 4 is 11.4 Å². The van der Waals surface area contributed by atoms with Crippen LogP contribution in [0.5, 0.6) is 0 Å². The van der Waals surface area contributed by atoms with Gasteiger partial charge in [0.15, 0.2) is 0 Å². The topological polar surface area (TPSA) is 75.4 Å². The summed E-state index contributed by atoms with van der Waals surface area (Å²) in [5.41, 5.74) is 0.454. The van der Waals surface area contributed by atoms with E-state index in [0.29, 0.717) is 17.8 Å². The molecule has 1 atom stereocenters. The minimum Gasteiger partial charge on any atom is -0.396 e.